The standard InChI is InChI=1S/C34H68N4O3/c1-5-30(40-22-8-19-37)32-28-12-11-27(25(2)10-6-17-35)34(28,4)31(41-23-9-20-38)24-29(32)33(3)15-13-26(14-16-33)39-21-7-18-36/h25-32H,5-24,35-38H2,1-4H3/t25-,26?,27-,28+,29+,30-,31+,32?,33?,34-/m1/s1. The molecule has 0 spiro atoms. The lowest BCUT2D eigenvalue weighted by molar-refractivity contribution is -0.191. The topological polar surface area (TPSA) is 132 Å². The molecule has 0 radical (unpaired) electrons. The summed E-state index contributed by atoms with van der Waals surface area (Å²) < 4.78 is 20.0. The second kappa shape index (κ2) is 17.3. The highest BCUT2D eigenvalue weighted by molar-refractivity contribution is 5.12. The van der Waals surface area contributed by atoms with Crippen LogP contribution in [0.4, 0.5) is 0 Å². The normalized spacial score (nSPS) is 37.2. The van der Waals surface area contributed by atoms with Crippen LogP contribution < -0.4 is 22.9 Å². The Hall–Kier alpha value is -0.280. The number of fused-ring (bicyclic) bond motifs is 1. The van der Waals surface area contributed by atoms with Crippen LogP contribution in [-0.4, -0.2) is 64.3 Å². The van der Waals surface area contributed by atoms with Crippen molar-refractivity contribution < 1.29 is 14.2 Å². The Balaban J connectivity index is 1.94. The molecule has 0 saturated heterocycles. The molecule has 3 saturated carbocycles. The molecule has 0 aromatic rings. The summed E-state index contributed by atoms with van der Waals surface area (Å²) in [6.07, 6.45) is 15.5. The van der Waals surface area contributed by atoms with Crippen LogP contribution in [0.5, 0.6) is 0 Å². The Morgan fingerprint density at radius 1 is 0.756 bits per heavy atom. The van der Waals surface area contributed by atoms with Crippen LogP contribution in [0.15, 0.2) is 0 Å². The summed E-state index contributed by atoms with van der Waals surface area (Å²) in [7, 11) is 0. The Kier molecular flexibility index (Phi) is 14.8. The van der Waals surface area contributed by atoms with Gasteiger partial charge in [0.15, 0.2) is 0 Å². The zero-order valence-electron chi connectivity index (χ0n) is 27.3. The molecule has 0 aromatic carbocycles. The molecule has 7 heteroatoms. The molecule has 8 atom stereocenters. The Bertz CT molecular complexity index is 718. The van der Waals surface area contributed by atoms with E-state index in [1.807, 2.05) is 0 Å². The van der Waals surface area contributed by atoms with E-state index in [9.17, 15) is 0 Å². The molecule has 8 N–H and O–H groups in total. The quantitative estimate of drug-likeness (QED) is 0.154. The van der Waals surface area contributed by atoms with E-state index in [1.165, 1.54) is 32.1 Å². The highest BCUT2D eigenvalue weighted by Gasteiger charge is 2.63. The first-order chi connectivity index (χ1) is 19.8. The maximum atomic E-state index is 6.94. The van der Waals surface area contributed by atoms with Crippen LogP contribution >= 0.6 is 0 Å². The number of ether oxygens (including phenoxy) is 3. The number of nitrogens with two attached hydrogens (primary N) is 4. The van der Waals surface area contributed by atoms with E-state index < -0.39 is 0 Å². The van der Waals surface area contributed by atoms with Gasteiger partial charge < -0.3 is 37.1 Å². The van der Waals surface area contributed by atoms with Crippen LogP contribution in [0.25, 0.3) is 0 Å². The predicted octanol–water partition coefficient (Wildman–Crippen LogP) is 5.22. The maximum absolute atomic E-state index is 6.94. The number of hydrogen-bond donors (Lipinski definition) is 4. The summed E-state index contributed by atoms with van der Waals surface area (Å²) >= 11 is 0. The highest BCUT2D eigenvalue weighted by Crippen LogP contribution is 2.66. The molecule has 0 aliphatic heterocycles. The lowest BCUT2D eigenvalue weighted by Gasteiger charge is -2.60. The van der Waals surface area contributed by atoms with Crippen LogP contribution in [0.2, 0.25) is 0 Å². The van der Waals surface area contributed by atoms with Crippen molar-refractivity contribution in [2.75, 3.05) is 46.0 Å². The molecule has 0 bridgehead atoms. The molecular weight excluding hydrogens is 512 g/mol. The number of rotatable bonds is 19. The van der Waals surface area contributed by atoms with E-state index >= 15 is 0 Å². The molecule has 3 rings (SSSR count). The van der Waals surface area contributed by atoms with Crippen LogP contribution in [0.3, 0.4) is 0 Å². The third-order valence-electron chi connectivity index (χ3n) is 11.9. The van der Waals surface area contributed by atoms with E-state index in [0.29, 0.717) is 55.3 Å². The van der Waals surface area contributed by atoms with Gasteiger partial charge >= 0.3 is 0 Å². The molecule has 242 valence electrons. The van der Waals surface area contributed by atoms with E-state index in [2.05, 4.69) is 27.7 Å². The van der Waals surface area contributed by atoms with Gasteiger partial charge in [0.2, 0.25) is 0 Å². The van der Waals surface area contributed by atoms with E-state index in [-0.39, 0.29) is 23.0 Å². The van der Waals surface area contributed by atoms with Crippen molar-refractivity contribution in [2.24, 2.45) is 63.4 Å². The van der Waals surface area contributed by atoms with Crippen molar-refractivity contribution in [3.8, 4) is 0 Å². The largest absolute Gasteiger partial charge is 0.378 e. The van der Waals surface area contributed by atoms with Crippen molar-refractivity contribution >= 4 is 0 Å². The van der Waals surface area contributed by atoms with E-state index in [0.717, 1.165) is 77.7 Å². The number of hydrogen-bond acceptors (Lipinski definition) is 7. The zero-order valence-corrected chi connectivity index (χ0v) is 27.3. The summed E-state index contributed by atoms with van der Waals surface area (Å²) in [5, 5.41) is 0. The lowest BCUT2D eigenvalue weighted by atomic mass is 9.48. The van der Waals surface area contributed by atoms with Gasteiger partial charge in [-0.3, -0.25) is 0 Å². The van der Waals surface area contributed by atoms with Gasteiger partial charge in [-0.1, -0.05) is 27.7 Å². The minimum Gasteiger partial charge on any atom is -0.378 e. The summed E-state index contributed by atoms with van der Waals surface area (Å²) in [4.78, 5) is 0. The smallest absolute Gasteiger partial charge is 0.0637 e. The molecule has 1 unspecified atom stereocenters. The maximum Gasteiger partial charge on any atom is 0.0637 e. The summed E-state index contributed by atoms with van der Waals surface area (Å²) in [5.41, 5.74) is 23.9. The Labute approximate surface area is 252 Å². The molecule has 0 heterocycles. The molecule has 7 nitrogen and oxygen atoms in total. The fraction of sp³-hybridized carbons (Fsp3) is 1.00. The SMILES string of the molecule is CC[C@@H](OCCCN)C1[C@@H](C2(C)CCC(OCCCN)CC2)C[C@H](OCCCN)[C@]2(C)[C@@H]([C@H](C)CCCN)CC[C@@H]12. The first kappa shape index (κ1) is 35.2. The van der Waals surface area contributed by atoms with Crippen molar-refractivity contribution in [2.45, 2.75) is 129 Å². The zero-order chi connectivity index (χ0) is 29.9. The van der Waals surface area contributed by atoms with Crippen LogP contribution in [0.1, 0.15) is 111 Å². The van der Waals surface area contributed by atoms with Gasteiger partial charge in [0.25, 0.3) is 0 Å². The average molecular weight is 581 g/mol. The van der Waals surface area contributed by atoms with Crippen molar-refractivity contribution in [1.29, 1.82) is 0 Å². The summed E-state index contributed by atoms with van der Waals surface area (Å²) in [5.74, 6) is 3.04. The Morgan fingerprint density at radius 2 is 1.37 bits per heavy atom. The van der Waals surface area contributed by atoms with Gasteiger partial charge in [-0.05, 0) is 145 Å². The fourth-order valence-electron chi connectivity index (χ4n) is 9.57. The van der Waals surface area contributed by atoms with Crippen molar-refractivity contribution in [3.05, 3.63) is 0 Å². The average Bonchev–Trinajstić information content (AvgIpc) is 3.33. The minimum absolute atomic E-state index is 0.146. The third-order valence-corrected chi connectivity index (χ3v) is 11.9. The molecule has 0 amide bonds. The lowest BCUT2D eigenvalue weighted by Crippen LogP contribution is -2.59. The van der Waals surface area contributed by atoms with Gasteiger partial charge in [-0.15, -0.1) is 0 Å². The van der Waals surface area contributed by atoms with Gasteiger partial charge in [0, 0.05) is 25.2 Å². The first-order valence-electron chi connectivity index (χ1n) is 17.5. The summed E-state index contributed by atoms with van der Waals surface area (Å²) in [6.45, 7) is 15.2. The fourth-order valence-corrected chi connectivity index (χ4v) is 9.57. The highest BCUT2D eigenvalue weighted by atomic mass is 16.5. The Morgan fingerprint density at radius 3 is 1.98 bits per heavy atom. The van der Waals surface area contributed by atoms with Gasteiger partial charge in [-0.25, -0.2) is 0 Å². The monoisotopic (exact) mass is 581 g/mol. The predicted molar refractivity (Wildman–Crippen MR) is 170 cm³/mol. The molecule has 3 aliphatic carbocycles. The molecular formula is C34H68N4O3. The first-order valence-corrected chi connectivity index (χ1v) is 17.5. The summed E-state index contributed by atoms with van der Waals surface area (Å²) in [6, 6.07) is 0. The van der Waals surface area contributed by atoms with Crippen LogP contribution in [-0.2, 0) is 14.2 Å². The van der Waals surface area contributed by atoms with Gasteiger partial charge in [0.05, 0.1) is 18.3 Å². The third kappa shape index (κ3) is 8.46. The van der Waals surface area contributed by atoms with Crippen molar-refractivity contribution in [3.63, 3.8) is 0 Å². The van der Waals surface area contributed by atoms with Gasteiger partial charge in [0.1, 0.15) is 0 Å². The minimum atomic E-state index is 0.146. The second-order valence-corrected chi connectivity index (χ2v) is 14.3. The molecule has 3 aliphatic rings. The van der Waals surface area contributed by atoms with Crippen molar-refractivity contribution in [1.82, 2.24) is 0 Å². The van der Waals surface area contributed by atoms with E-state index in [4.69, 9.17) is 37.1 Å². The molecule has 0 aromatic heterocycles. The second-order valence-electron chi connectivity index (χ2n) is 14.3. The van der Waals surface area contributed by atoms with E-state index in [1.54, 1.807) is 0 Å². The van der Waals surface area contributed by atoms with Gasteiger partial charge in [-0.2, -0.15) is 0 Å². The molecule has 41 heavy (non-hydrogen) atoms. The van der Waals surface area contributed by atoms with Crippen LogP contribution in [0, 0.1) is 40.4 Å². The molecule has 3 fully saturated rings.